The van der Waals surface area contributed by atoms with Crippen molar-refractivity contribution < 1.29 is 18.3 Å². The summed E-state index contributed by atoms with van der Waals surface area (Å²) >= 11 is 0. The lowest BCUT2D eigenvalue weighted by Crippen LogP contribution is -2.49. The molecular weight excluding hydrogens is 338 g/mol. The number of carboxylic acid groups (broad SMARTS) is 1. The Labute approximate surface area is 148 Å². The number of benzene rings is 2. The number of carboxylic acids is 1. The van der Waals surface area contributed by atoms with E-state index in [1.807, 2.05) is 20.8 Å². The zero-order valence-electron chi connectivity index (χ0n) is 14.8. The van der Waals surface area contributed by atoms with E-state index in [0.717, 1.165) is 0 Å². The number of nitrogens with one attached hydrogen (secondary N) is 1. The van der Waals surface area contributed by atoms with E-state index in [-0.39, 0.29) is 4.90 Å². The number of sulfonamides is 1. The average Bonchev–Trinajstić information content (AvgIpc) is 2.54. The molecule has 0 aromatic heterocycles. The summed E-state index contributed by atoms with van der Waals surface area (Å²) < 4.78 is 28.4. The molecule has 6 heteroatoms. The highest BCUT2D eigenvalue weighted by Gasteiger charge is 2.40. The lowest BCUT2D eigenvalue weighted by Gasteiger charge is -2.28. The number of hydrogen-bond donors (Lipinski definition) is 2. The van der Waals surface area contributed by atoms with Gasteiger partial charge in [0.15, 0.2) is 5.54 Å². The molecule has 0 saturated heterocycles. The Bertz CT molecular complexity index is 870. The molecule has 25 heavy (non-hydrogen) atoms. The quantitative estimate of drug-likeness (QED) is 0.856. The fourth-order valence-electron chi connectivity index (χ4n) is 2.64. The minimum atomic E-state index is -4.06. The van der Waals surface area contributed by atoms with Gasteiger partial charge in [-0.15, -0.1) is 0 Å². The van der Waals surface area contributed by atoms with Crippen molar-refractivity contribution in [3.8, 4) is 0 Å². The summed E-state index contributed by atoms with van der Waals surface area (Å²) in [7, 11) is -4.06. The molecule has 2 aromatic carbocycles. The minimum absolute atomic E-state index is 0.0888. The number of carbonyl (C=O) groups is 1. The first-order chi connectivity index (χ1) is 11.5. The Kier molecular flexibility index (Phi) is 5.06. The monoisotopic (exact) mass is 361 g/mol. The normalized spacial score (nSPS) is 14.7. The molecule has 1 unspecified atom stereocenters. The highest BCUT2D eigenvalue weighted by molar-refractivity contribution is 7.89. The van der Waals surface area contributed by atoms with Crippen LogP contribution in [0.25, 0.3) is 0 Å². The lowest BCUT2D eigenvalue weighted by atomic mass is 9.87. The van der Waals surface area contributed by atoms with Gasteiger partial charge in [0.05, 0.1) is 4.90 Å². The third-order valence-electron chi connectivity index (χ3n) is 4.10. The number of hydrogen-bond acceptors (Lipinski definition) is 3. The third kappa shape index (κ3) is 3.91. The molecule has 0 bridgehead atoms. The molecule has 0 heterocycles. The van der Waals surface area contributed by atoms with Crippen LogP contribution in [0.5, 0.6) is 0 Å². The van der Waals surface area contributed by atoms with E-state index in [0.29, 0.717) is 11.1 Å². The second-order valence-electron chi connectivity index (χ2n) is 7.15. The fraction of sp³-hybridized carbons (Fsp3) is 0.316. The zero-order valence-corrected chi connectivity index (χ0v) is 15.6. The van der Waals surface area contributed by atoms with Gasteiger partial charge in [0.2, 0.25) is 10.0 Å². The van der Waals surface area contributed by atoms with Crippen LogP contribution in [0.1, 0.15) is 38.8 Å². The summed E-state index contributed by atoms with van der Waals surface area (Å²) in [6, 6.07) is 14.9. The maximum atomic E-state index is 13.0. The van der Waals surface area contributed by atoms with Crippen molar-refractivity contribution in [2.45, 2.75) is 43.5 Å². The maximum absolute atomic E-state index is 13.0. The molecule has 1 atom stereocenters. The van der Waals surface area contributed by atoms with Gasteiger partial charge in [-0.05, 0) is 29.5 Å². The molecule has 0 aliphatic heterocycles. The Morgan fingerprint density at radius 3 is 1.96 bits per heavy atom. The first kappa shape index (κ1) is 19.1. The van der Waals surface area contributed by atoms with Crippen molar-refractivity contribution in [2.24, 2.45) is 0 Å². The van der Waals surface area contributed by atoms with Crippen molar-refractivity contribution in [2.75, 3.05) is 0 Å². The molecule has 5 nitrogen and oxygen atoms in total. The van der Waals surface area contributed by atoms with Crippen LogP contribution in [-0.2, 0) is 25.8 Å². The lowest BCUT2D eigenvalue weighted by molar-refractivity contribution is -0.143. The molecular formula is C19H23NO4S. The third-order valence-corrected chi connectivity index (χ3v) is 5.71. The van der Waals surface area contributed by atoms with Crippen LogP contribution in [0, 0.1) is 0 Å². The molecule has 0 aliphatic rings. The van der Waals surface area contributed by atoms with Crippen LogP contribution >= 0.6 is 0 Å². The maximum Gasteiger partial charge on any atom is 0.329 e. The van der Waals surface area contributed by atoms with Gasteiger partial charge in [0.1, 0.15) is 0 Å². The second kappa shape index (κ2) is 6.61. The van der Waals surface area contributed by atoms with Crippen LogP contribution in [0.2, 0.25) is 0 Å². The largest absolute Gasteiger partial charge is 0.480 e. The summed E-state index contributed by atoms with van der Waals surface area (Å²) in [5.74, 6) is -1.27. The first-order valence-electron chi connectivity index (χ1n) is 7.91. The summed E-state index contributed by atoms with van der Waals surface area (Å²) in [5.41, 5.74) is -1.19. The Hall–Kier alpha value is -2.18. The van der Waals surface area contributed by atoms with E-state index in [1.54, 1.807) is 48.5 Å². The first-order valence-corrected chi connectivity index (χ1v) is 9.39. The van der Waals surface area contributed by atoms with Crippen LogP contribution in [0.4, 0.5) is 0 Å². The molecule has 134 valence electrons. The molecule has 0 radical (unpaired) electrons. The van der Waals surface area contributed by atoms with Crippen LogP contribution < -0.4 is 4.72 Å². The van der Waals surface area contributed by atoms with Gasteiger partial charge in [-0.2, -0.15) is 4.72 Å². The summed E-state index contributed by atoms with van der Waals surface area (Å²) in [5, 5.41) is 9.70. The van der Waals surface area contributed by atoms with E-state index >= 15 is 0 Å². The Balaban J connectivity index is 2.56. The van der Waals surface area contributed by atoms with Gasteiger partial charge in [-0.1, -0.05) is 69.3 Å². The van der Waals surface area contributed by atoms with Gasteiger partial charge in [-0.25, -0.2) is 13.2 Å². The molecule has 2 N–H and O–H groups in total. The molecule has 0 spiro atoms. The molecule has 0 saturated carbocycles. The van der Waals surface area contributed by atoms with Gasteiger partial charge in [0.25, 0.3) is 0 Å². The molecule has 0 amide bonds. The number of rotatable bonds is 5. The Morgan fingerprint density at radius 2 is 1.44 bits per heavy atom. The number of aliphatic carboxylic acids is 1. The smallest absolute Gasteiger partial charge is 0.329 e. The Morgan fingerprint density at radius 1 is 0.920 bits per heavy atom. The van der Waals surface area contributed by atoms with E-state index < -0.39 is 26.9 Å². The van der Waals surface area contributed by atoms with E-state index in [9.17, 15) is 18.3 Å². The molecule has 0 fully saturated rings. The SMILES string of the molecule is CC(C)(C)c1ccccc1S(=O)(=O)NC(C)(C(=O)O)c1ccccc1. The predicted octanol–water partition coefficient (Wildman–Crippen LogP) is 3.26. The zero-order chi connectivity index (χ0) is 18.9. The summed E-state index contributed by atoms with van der Waals surface area (Å²) in [4.78, 5) is 12.0. The fourth-order valence-corrected chi connectivity index (χ4v) is 4.42. The van der Waals surface area contributed by atoms with Gasteiger partial charge >= 0.3 is 5.97 Å². The van der Waals surface area contributed by atoms with Crippen molar-refractivity contribution in [1.29, 1.82) is 0 Å². The van der Waals surface area contributed by atoms with E-state index in [2.05, 4.69) is 4.72 Å². The van der Waals surface area contributed by atoms with E-state index in [4.69, 9.17) is 0 Å². The highest BCUT2D eigenvalue weighted by Crippen LogP contribution is 2.31. The van der Waals surface area contributed by atoms with Crippen LogP contribution in [0.15, 0.2) is 59.5 Å². The van der Waals surface area contributed by atoms with Crippen molar-refractivity contribution in [3.05, 3.63) is 65.7 Å². The molecule has 2 rings (SSSR count). The van der Waals surface area contributed by atoms with Crippen LogP contribution in [-0.4, -0.2) is 19.5 Å². The van der Waals surface area contributed by atoms with Gasteiger partial charge < -0.3 is 5.11 Å². The van der Waals surface area contributed by atoms with Crippen molar-refractivity contribution in [3.63, 3.8) is 0 Å². The topological polar surface area (TPSA) is 83.5 Å². The molecule has 0 aliphatic carbocycles. The van der Waals surface area contributed by atoms with Crippen molar-refractivity contribution in [1.82, 2.24) is 4.72 Å². The van der Waals surface area contributed by atoms with Gasteiger partial charge in [-0.3, -0.25) is 0 Å². The highest BCUT2D eigenvalue weighted by atomic mass is 32.2. The predicted molar refractivity (Wildman–Crippen MR) is 96.9 cm³/mol. The van der Waals surface area contributed by atoms with Gasteiger partial charge in [0, 0.05) is 0 Å². The molecule has 2 aromatic rings. The van der Waals surface area contributed by atoms with Crippen molar-refractivity contribution >= 4 is 16.0 Å². The summed E-state index contributed by atoms with van der Waals surface area (Å²) in [6.07, 6.45) is 0. The van der Waals surface area contributed by atoms with Crippen LogP contribution in [0.3, 0.4) is 0 Å². The minimum Gasteiger partial charge on any atom is -0.480 e. The van der Waals surface area contributed by atoms with E-state index in [1.165, 1.54) is 13.0 Å². The summed E-state index contributed by atoms with van der Waals surface area (Å²) in [6.45, 7) is 7.08. The second-order valence-corrected chi connectivity index (χ2v) is 8.80. The average molecular weight is 361 g/mol. The standard InChI is InChI=1S/C19H23NO4S/c1-18(2,3)15-12-8-9-13-16(15)25(23,24)20-19(4,17(21)22)14-10-6-5-7-11-14/h5-13,20H,1-4H3,(H,21,22).